The maximum Gasteiger partial charge on any atom is 0.101 e. The molecule has 2 nitrogen and oxygen atoms in total. The largest absolute Gasteiger partial charge is 0.367 e. The number of nitrogens with zero attached hydrogens (tertiary/aromatic N) is 1. The Balaban J connectivity index is 0.000000774. The first kappa shape index (κ1) is 15.3. The maximum atomic E-state index is 4.58. The Hall–Kier alpha value is -2.09. The van der Waals surface area contributed by atoms with Crippen LogP contribution in [0.4, 0.5) is 0 Å². The third kappa shape index (κ3) is 3.52. The van der Waals surface area contributed by atoms with Crippen molar-refractivity contribution in [3.05, 3.63) is 70.8 Å². The Labute approximate surface area is 127 Å². The first-order valence-electron chi connectivity index (χ1n) is 7.65. The van der Waals surface area contributed by atoms with Crippen LogP contribution in [0.25, 0.3) is 0 Å². The van der Waals surface area contributed by atoms with Crippen molar-refractivity contribution >= 4 is 6.34 Å². The quantitative estimate of drug-likeness (QED) is 0.844. The lowest BCUT2D eigenvalue weighted by molar-refractivity contribution is 0.573. The molecule has 0 radical (unpaired) electrons. The minimum Gasteiger partial charge on any atom is -0.367 e. The minimum absolute atomic E-state index is 0.170. The summed E-state index contributed by atoms with van der Waals surface area (Å²) in [5.41, 5.74) is 5.12. The van der Waals surface area contributed by atoms with Gasteiger partial charge in [0.15, 0.2) is 0 Å². The topological polar surface area (TPSA) is 24.4 Å². The van der Waals surface area contributed by atoms with Gasteiger partial charge in [-0.1, -0.05) is 73.5 Å². The Bertz CT molecular complexity index is 582. The van der Waals surface area contributed by atoms with Crippen LogP contribution >= 0.6 is 0 Å². The highest BCUT2D eigenvalue weighted by atomic mass is 15.1. The number of nitrogens with one attached hydrogen (secondary N) is 1. The van der Waals surface area contributed by atoms with Crippen LogP contribution in [0.1, 0.15) is 48.2 Å². The van der Waals surface area contributed by atoms with Crippen LogP contribution in [0.2, 0.25) is 0 Å². The van der Waals surface area contributed by atoms with Gasteiger partial charge in [-0.15, -0.1) is 0 Å². The zero-order valence-electron chi connectivity index (χ0n) is 13.3. The van der Waals surface area contributed by atoms with Gasteiger partial charge in [-0.25, -0.2) is 0 Å². The first-order valence-corrected chi connectivity index (χ1v) is 7.65. The van der Waals surface area contributed by atoms with E-state index in [1.807, 2.05) is 20.2 Å². The first-order chi connectivity index (χ1) is 10.2. The average molecular weight is 280 g/mol. The van der Waals surface area contributed by atoms with Gasteiger partial charge in [0.05, 0.1) is 12.4 Å². The second-order valence-corrected chi connectivity index (χ2v) is 5.19. The molecule has 2 unspecified atom stereocenters. The van der Waals surface area contributed by atoms with Crippen LogP contribution in [0.15, 0.2) is 53.5 Å². The molecule has 2 atom stereocenters. The van der Waals surface area contributed by atoms with E-state index in [1.165, 1.54) is 22.3 Å². The number of rotatable bonds is 2. The molecule has 0 spiro atoms. The summed E-state index contributed by atoms with van der Waals surface area (Å²) < 4.78 is 0. The lowest BCUT2D eigenvalue weighted by atomic mass is 9.94. The predicted octanol–water partition coefficient (Wildman–Crippen LogP) is 4.74. The Kier molecular flexibility index (Phi) is 5.15. The van der Waals surface area contributed by atoms with E-state index in [-0.39, 0.29) is 12.1 Å². The molecule has 0 amide bonds. The van der Waals surface area contributed by atoms with Crippen molar-refractivity contribution in [2.75, 3.05) is 0 Å². The third-order valence-electron chi connectivity index (χ3n) is 3.66. The molecule has 0 saturated heterocycles. The summed E-state index contributed by atoms with van der Waals surface area (Å²) in [6.07, 6.45) is 1.83. The third-order valence-corrected chi connectivity index (χ3v) is 3.66. The van der Waals surface area contributed by atoms with Crippen molar-refractivity contribution in [2.45, 2.75) is 39.8 Å². The molecular formula is C19H24N2. The van der Waals surface area contributed by atoms with Crippen LogP contribution in [0, 0.1) is 13.8 Å². The monoisotopic (exact) mass is 280 g/mol. The van der Waals surface area contributed by atoms with Gasteiger partial charge >= 0.3 is 0 Å². The molecule has 1 heterocycles. The zero-order valence-corrected chi connectivity index (χ0v) is 13.3. The molecule has 0 bridgehead atoms. The molecule has 0 fully saturated rings. The number of aryl methyl sites for hydroxylation is 2. The van der Waals surface area contributed by atoms with Crippen LogP contribution in [-0.2, 0) is 0 Å². The normalized spacial score (nSPS) is 19.6. The number of benzene rings is 2. The molecular weight excluding hydrogens is 256 g/mol. The van der Waals surface area contributed by atoms with Gasteiger partial charge in [-0.3, -0.25) is 4.99 Å². The van der Waals surface area contributed by atoms with Crippen molar-refractivity contribution < 1.29 is 0 Å². The Morgan fingerprint density at radius 3 is 1.76 bits per heavy atom. The van der Waals surface area contributed by atoms with Gasteiger partial charge in [-0.05, 0) is 25.0 Å². The lowest BCUT2D eigenvalue weighted by Crippen LogP contribution is -2.18. The summed E-state index contributed by atoms with van der Waals surface area (Å²) >= 11 is 0. The van der Waals surface area contributed by atoms with Crippen LogP contribution < -0.4 is 5.32 Å². The summed E-state index contributed by atoms with van der Waals surface area (Å²) in [5, 5.41) is 3.36. The molecule has 21 heavy (non-hydrogen) atoms. The van der Waals surface area contributed by atoms with Gasteiger partial charge in [-0.2, -0.15) is 0 Å². The molecule has 1 aliphatic rings. The van der Waals surface area contributed by atoms with E-state index in [0.29, 0.717) is 0 Å². The molecule has 110 valence electrons. The van der Waals surface area contributed by atoms with E-state index >= 15 is 0 Å². The molecule has 1 aliphatic heterocycles. The molecule has 3 rings (SSSR count). The van der Waals surface area contributed by atoms with Gasteiger partial charge in [0.2, 0.25) is 0 Å². The number of hydrogen-bond acceptors (Lipinski definition) is 2. The second-order valence-electron chi connectivity index (χ2n) is 5.19. The number of hydrogen-bond donors (Lipinski definition) is 1. The summed E-state index contributed by atoms with van der Waals surface area (Å²) in [5.74, 6) is 0. The fraction of sp³-hybridized carbons (Fsp3) is 0.316. The van der Waals surface area contributed by atoms with Crippen molar-refractivity contribution in [1.29, 1.82) is 0 Å². The average Bonchev–Trinajstić information content (AvgIpc) is 3.00. The molecule has 1 N–H and O–H groups in total. The molecule has 0 aliphatic carbocycles. The minimum atomic E-state index is 0.170. The highest BCUT2D eigenvalue weighted by Crippen LogP contribution is 2.34. The van der Waals surface area contributed by atoms with E-state index in [9.17, 15) is 0 Å². The summed E-state index contributed by atoms with van der Waals surface area (Å²) in [6.45, 7) is 8.22. The molecule has 2 aromatic rings. The lowest BCUT2D eigenvalue weighted by Gasteiger charge is -2.19. The second kappa shape index (κ2) is 7.07. The highest BCUT2D eigenvalue weighted by molar-refractivity contribution is 5.60. The Morgan fingerprint density at radius 1 is 0.762 bits per heavy atom. The van der Waals surface area contributed by atoms with Crippen molar-refractivity contribution in [1.82, 2.24) is 5.32 Å². The van der Waals surface area contributed by atoms with Gasteiger partial charge < -0.3 is 5.32 Å². The van der Waals surface area contributed by atoms with E-state index in [1.54, 1.807) is 0 Å². The van der Waals surface area contributed by atoms with E-state index < -0.39 is 0 Å². The molecule has 2 aromatic carbocycles. The van der Waals surface area contributed by atoms with Gasteiger partial charge in [0.1, 0.15) is 6.04 Å². The molecule has 2 heteroatoms. The van der Waals surface area contributed by atoms with E-state index in [2.05, 4.69) is 72.7 Å². The van der Waals surface area contributed by atoms with Crippen molar-refractivity contribution in [3.63, 3.8) is 0 Å². The van der Waals surface area contributed by atoms with Crippen molar-refractivity contribution in [3.8, 4) is 0 Å². The van der Waals surface area contributed by atoms with Gasteiger partial charge in [0, 0.05) is 0 Å². The smallest absolute Gasteiger partial charge is 0.101 e. The Morgan fingerprint density at radius 2 is 1.24 bits per heavy atom. The molecule has 0 saturated carbocycles. The van der Waals surface area contributed by atoms with Crippen LogP contribution in [0.5, 0.6) is 0 Å². The van der Waals surface area contributed by atoms with Crippen LogP contribution in [-0.4, -0.2) is 6.34 Å². The number of aliphatic imine (C=N–C) groups is 1. The predicted molar refractivity (Wildman–Crippen MR) is 90.8 cm³/mol. The summed E-state index contributed by atoms with van der Waals surface area (Å²) in [6, 6.07) is 17.7. The fourth-order valence-corrected chi connectivity index (χ4v) is 2.48. The van der Waals surface area contributed by atoms with Gasteiger partial charge in [0.25, 0.3) is 0 Å². The van der Waals surface area contributed by atoms with E-state index in [0.717, 1.165) is 0 Å². The standard InChI is InChI=1S/C17H18N2.C2H6/c1-12-3-7-14(8-4-12)16-17(19-11-18-16)15-9-5-13(2)6-10-15;1-2/h3-11,16-17H,1-2H3,(H,18,19);1-2H3. The van der Waals surface area contributed by atoms with E-state index in [4.69, 9.17) is 0 Å². The maximum absolute atomic E-state index is 4.58. The zero-order chi connectivity index (χ0) is 15.2. The van der Waals surface area contributed by atoms with Crippen LogP contribution in [0.3, 0.4) is 0 Å². The summed E-state index contributed by atoms with van der Waals surface area (Å²) in [7, 11) is 0. The molecule has 0 aromatic heterocycles. The SMILES string of the molecule is CC.Cc1ccc(C2N=CNC2c2ccc(C)cc2)cc1. The fourth-order valence-electron chi connectivity index (χ4n) is 2.48. The van der Waals surface area contributed by atoms with Crippen molar-refractivity contribution in [2.24, 2.45) is 4.99 Å². The highest BCUT2D eigenvalue weighted by Gasteiger charge is 2.26. The summed E-state index contributed by atoms with van der Waals surface area (Å²) in [4.78, 5) is 4.58.